The minimum absolute atomic E-state index is 0.0314. The van der Waals surface area contributed by atoms with E-state index in [1.807, 2.05) is 49.4 Å². The lowest BCUT2D eigenvalue weighted by Gasteiger charge is -2.23. The largest absolute Gasteiger partial charge is 0.494 e. The fraction of sp³-hybridized carbons (Fsp3) is 0.300. The number of ether oxygens (including phenoxy) is 2. The van der Waals surface area contributed by atoms with Crippen LogP contribution in [0.25, 0.3) is 11.4 Å². The van der Waals surface area contributed by atoms with Gasteiger partial charge in [0.25, 0.3) is 0 Å². The number of hydrogen-bond acceptors (Lipinski definition) is 6. The van der Waals surface area contributed by atoms with Gasteiger partial charge in [0.15, 0.2) is 0 Å². The molecular weight excluding hydrogens is 330 g/mol. The molecule has 0 amide bonds. The van der Waals surface area contributed by atoms with Crippen LogP contribution >= 0.6 is 0 Å². The zero-order valence-corrected chi connectivity index (χ0v) is 14.6. The molecule has 1 aliphatic heterocycles. The van der Waals surface area contributed by atoms with E-state index in [0.717, 1.165) is 34.6 Å². The highest BCUT2D eigenvalue weighted by Crippen LogP contribution is 2.34. The van der Waals surface area contributed by atoms with Gasteiger partial charge >= 0.3 is 0 Å². The maximum absolute atomic E-state index is 5.87. The van der Waals surface area contributed by atoms with Crippen molar-refractivity contribution in [3.63, 3.8) is 0 Å². The summed E-state index contributed by atoms with van der Waals surface area (Å²) in [5.41, 5.74) is 8.71. The summed E-state index contributed by atoms with van der Waals surface area (Å²) in [6.45, 7) is 3.65. The molecule has 1 aliphatic rings. The van der Waals surface area contributed by atoms with Crippen LogP contribution < -0.4 is 15.2 Å². The second-order valence-corrected chi connectivity index (χ2v) is 6.27. The Morgan fingerprint density at radius 1 is 1.19 bits per heavy atom. The van der Waals surface area contributed by atoms with E-state index in [1.54, 1.807) is 0 Å². The Kier molecular flexibility index (Phi) is 4.58. The number of nitrogens with zero attached hydrogens (tertiary/aromatic N) is 2. The van der Waals surface area contributed by atoms with Gasteiger partial charge in [0.05, 0.1) is 12.5 Å². The number of rotatable bonds is 5. The second kappa shape index (κ2) is 7.17. The minimum Gasteiger partial charge on any atom is -0.494 e. The number of fused-ring (bicyclic) bond motifs is 1. The third-order valence-corrected chi connectivity index (χ3v) is 4.49. The zero-order valence-electron chi connectivity index (χ0n) is 14.6. The van der Waals surface area contributed by atoms with Crippen LogP contribution in [-0.2, 0) is 13.0 Å². The smallest absolute Gasteiger partial charge is 0.233 e. The quantitative estimate of drug-likeness (QED) is 0.759. The molecule has 0 fully saturated rings. The zero-order chi connectivity index (χ0) is 17.9. The summed E-state index contributed by atoms with van der Waals surface area (Å²) in [5, 5.41) is 4.12. The maximum atomic E-state index is 5.87. The first-order chi connectivity index (χ1) is 12.8. The van der Waals surface area contributed by atoms with Crippen LogP contribution in [0.1, 0.15) is 29.9 Å². The van der Waals surface area contributed by atoms with E-state index < -0.39 is 0 Å². The van der Waals surface area contributed by atoms with Crippen LogP contribution in [0.4, 0.5) is 0 Å². The average molecular weight is 351 g/mol. The lowest BCUT2D eigenvalue weighted by atomic mass is 9.96. The Labute approximate surface area is 151 Å². The summed E-state index contributed by atoms with van der Waals surface area (Å²) in [4.78, 5) is 4.57. The van der Waals surface area contributed by atoms with Crippen molar-refractivity contribution in [3.8, 4) is 22.9 Å². The molecule has 26 heavy (non-hydrogen) atoms. The molecule has 6 heteroatoms. The Hall–Kier alpha value is -2.86. The van der Waals surface area contributed by atoms with Crippen LogP contribution in [0.3, 0.4) is 0 Å². The molecule has 1 aromatic heterocycles. The van der Waals surface area contributed by atoms with E-state index in [4.69, 9.17) is 19.7 Å². The molecule has 0 saturated carbocycles. The van der Waals surface area contributed by atoms with E-state index in [-0.39, 0.29) is 5.92 Å². The molecule has 0 saturated heterocycles. The van der Waals surface area contributed by atoms with E-state index >= 15 is 0 Å². The molecule has 2 N–H and O–H groups in total. The van der Waals surface area contributed by atoms with Crippen molar-refractivity contribution in [1.29, 1.82) is 0 Å². The van der Waals surface area contributed by atoms with Gasteiger partial charge in [0.2, 0.25) is 11.7 Å². The summed E-state index contributed by atoms with van der Waals surface area (Å²) in [6, 6.07) is 13.8. The number of aromatic nitrogens is 2. The molecule has 4 rings (SSSR count). The van der Waals surface area contributed by atoms with Crippen molar-refractivity contribution in [3.05, 3.63) is 59.5 Å². The molecule has 2 aromatic carbocycles. The SMILES string of the molecule is CCOc1ccc2c(c1)CC(c1nc(-c3ccc(CN)cc3)no1)CO2. The van der Waals surface area contributed by atoms with Gasteiger partial charge in [-0.2, -0.15) is 4.98 Å². The highest BCUT2D eigenvalue weighted by molar-refractivity contribution is 5.54. The summed E-state index contributed by atoms with van der Waals surface area (Å²) < 4.78 is 17.0. The molecule has 0 bridgehead atoms. The molecular formula is C20H21N3O3. The van der Waals surface area contributed by atoms with Crippen LogP contribution in [0, 0.1) is 0 Å². The third kappa shape index (κ3) is 3.28. The second-order valence-electron chi connectivity index (χ2n) is 6.27. The Morgan fingerprint density at radius 3 is 2.81 bits per heavy atom. The van der Waals surface area contributed by atoms with Crippen molar-refractivity contribution in [2.24, 2.45) is 5.73 Å². The van der Waals surface area contributed by atoms with Crippen molar-refractivity contribution in [2.75, 3.05) is 13.2 Å². The van der Waals surface area contributed by atoms with E-state index in [2.05, 4.69) is 10.1 Å². The number of benzene rings is 2. The van der Waals surface area contributed by atoms with Crippen LogP contribution in [-0.4, -0.2) is 23.4 Å². The highest BCUT2D eigenvalue weighted by Gasteiger charge is 2.27. The van der Waals surface area contributed by atoms with Crippen molar-refractivity contribution >= 4 is 0 Å². The first-order valence-electron chi connectivity index (χ1n) is 8.78. The van der Waals surface area contributed by atoms with Gasteiger partial charge in [0, 0.05) is 12.1 Å². The third-order valence-electron chi connectivity index (χ3n) is 4.49. The van der Waals surface area contributed by atoms with Crippen molar-refractivity contribution in [1.82, 2.24) is 10.1 Å². The Morgan fingerprint density at radius 2 is 2.04 bits per heavy atom. The van der Waals surface area contributed by atoms with Crippen LogP contribution in [0.2, 0.25) is 0 Å². The monoisotopic (exact) mass is 351 g/mol. The average Bonchev–Trinajstić information content (AvgIpc) is 3.18. The fourth-order valence-corrected chi connectivity index (χ4v) is 3.09. The van der Waals surface area contributed by atoms with Crippen molar-refractivity contribution in [2.45, 2.75) is 25.8 Å². The lowest BCUT2D eigenvalue weighted by molar-refractivity contribution is 0.229. The van der Waals surface area contributed by atoms with Gasteiger partial charge in [-0.25, -0.2) is 0 Å². The van der Waals surface area contributed by atoms with E-state index in [9.17, 15) is 0 Å². The summed E-state index contributed by atoms with van der Waals surface area (Å²) in [5.74, 6) is 2.94. The van der Waals surface area contributed by atoms with Gasteiger partial charge in [-0.3, -0.25) is 0 Å². The molecule has 0 radical (unpaired) electrons. The first-order valence-corrected chi connectivity index (χ1v) is 8.78. The minimum atomic E-state index is 0.0314. The predicted molar refractivity (Wildman–Crippen MR) is 97.2 cm³/mol. The summed E-state index contributed by atoms with van der Waals surface area (Å²) >= 11 is 0. The standard InChI is InChI=1S/C20H21N3O3/c1-2-24-17-7-8-18-15(10-17)9-16(12-25-18)20-22-19(23-26-20)14-5-3-13(11-21)4-6-14/h3-8,10,16H,2,9,11-12,21H2,1H3. The lowest BCUT2D eigenvalue weighted by Crippen LogP contribution is -2.19. The van der Waals surface area contributed by atoms with E-state index in [0.29, 0.717) is 31.5 Å². The molecule has 1 unspecified atom stereocenters. The molecule has 0 aliphatic carbocycles. The highest BCUT2D eigenvalue weighted by atomic mass is 16.5. The molecule has 6 nitrogen and oxygen atoms in total. The van der Waals surface area contributed by atoms with Gasteiger partial charge in [0.1, 0.15) is 18.1 Å². The first kappa shape index (κ1) is 16.6. The molecule has 3 aromatic rings. The topological polar surface area (TPSA) is 83.4 Å². The molecule has 1 atom stereocenters. The Balaban J connectivity index is 1.53. The van der Waals surface area contributed by atoms with Gasteiger partial charge < -0.3 is 19.7 Å². The van der Waals surface area contributed by atoms with Crippen LogP contribution in [0.5, 0.6) is 11.5 Å². The van der Waals surface area contributed by atoms with Gasteiger partial charge in [-0.1, -0.05) is 29.4 Å². The van der Waals surface area contributed by atoms with Gasteiger partial charge in [-0.05, 0) is 42.7 Å². The molecule has 2 heterocycles. The summed E-state index contributed by atoms with van der Waals surface area (Å²) in [6.07, 6.45) is 0.782. The summed E-state index contributed by atoms with van der Waals surface area (Å²) in [7, 11) is 0. The van der Waals surface area contributed by atoms with Crippen molar-refractivity contribution < 1.29 is 14.0 Å². The number of nitrogens with two attached hydrogens (primary N) is 1. The molecule has 134 valence electrons. The van der Waals surface area contributed by atoms with Gasteiger partial charge in [-0.15, -0.1) is 0 Å². The normalized spacial score (nSPS) is 16.0. The predicted octanol–water partition coefficient (Wildman–Crippen LogP) is 3.31. The molecule has 0 spiro atoms. The fourth-order valence-electron chi connectivity index (χ4n) is 3.09. The maximum Gasteiger partial charge on any atom is 0.233 e. The van der Waals surface area contributed by atoms with E-state index in [1.165, 1.54) is 0 Å². The number of hydrogen-bond donors (Lipinski definition) is 1. The van der Waals surface area contributed by atoms with Crippen LogP contribution in [0.15, 0.2) is 47.0 Å². The Bertz CT molecular complexity index is 890.